The topological polar surface area (TPSA) is 32.5 Å². The van der Waals surface area contributed by atoms with Crippen molar-refractivity contribution in [3.63, 3.8) is 0 Å². The highest BCUT2D eigenvalue weighted by molar-refractivity contribution is 4.85. The summed E-state index contributed by atoms with van der Waals surface area (Å²) in [5.41, 5.74) is 6.35. The molecule has 3 nitrogen and oxygen atoms in total. The lowest BCUT2D eigenvalue weighted by Crippen LogP contribution is -2.49. The second-order valence-electron chi connectivity index (χ2n) is 7.37. The first-order chi connectivity index (χ1) is 9.67. The first-order valence-electron chi connectivity index (χ1n) is 8.83. The highest BCUT2D eigenvalue weighted by atomic mass is 15.2. The van der Waals surface area contributed by atoms with Gasteiger partial charge in [-0.05, 0) is 70.2 Å². The first kappa shape index (κ1) is 16.3. The van der Waals surface area contributed by atoms with Gasteiger partial charge in [0.15, 0.2) is 0 Å². The SMILES string of the molecule is CCCC(C)(CN)CN1CCC(N2CCCCC2)CC1. The Hall–Kier alpha value is -0.120. The fourth-order valence-corrected chi connectivity index (χ4v) is 4.12. The van der Waals surface area contributed by atoms with E-state index in [1.165, 1.54) is 77.7 Å². The molecule has 0 aromatic rings. The van der Waals surface area contributed by atoms with E-state index in [1.54, 1.807) is 0 Å². The molecular formula is C17H35N3. The van der Waals surface area contributed by atoms with Crippen molar-refractivity contribution in [3.05, 3.63) is 0 Å². The number of hydrogen-bond donors (Lipinski definition) is 1. The summed E-state index contributed by atoms with van der Waals surface area (Å²) in [5.74, 6) is 0. The standard InChI is InChI=1S/C17H35N3/c1-3-9-17(2,14-18)15-19-12-7-16(8-13-19)20-10-5-4-6-11-20/h16H,3-15,18H2,1-2H3. The molecule has 0 aliphatic carbocycles. The highest BCUT2D eigenvalue weighted by Crippen LogP contribution is 2.26. The van der Waals surface area contributed by atoms with Gasteiger partial charge >= 0.3 is 0 Å². The maximum Gasteiger partial charge on any atom is 0.0120 e. The van der Waals surface area contributed by atoms with Gasteiger partial charge in [-0.15, -0.1) is 0 Å². The van der Waals surface area contributed by atoms with E-state index >= 15 is 0 Å². The van der Waals surface area contributed by atoms with E-state index in [0.717, 1.165) is 12.6 Å². The van der Waals surface area contributed by atoms with Crippen LogP contribution in [0.2, 0.25) is 0 Å². The van der Waals surface area contributed by atoms with Gasteiger partial charge in [-0.2, -0.15) is 0 Å². The third-order valence-corrected chi connectivity index (χ3v) is 5.42. The van der Waals surface area contributed by atoms with Crippen LogP contribution in [0.4, 0.5) is 0 Å². The van der Waals surface area contributed by atoms with Crippen molar-refractivity contribution < 1.29 is 0 Å². The Labute approximate surface area is 125 Å². The number of piperidine rings is 2. The summed E-state index contributed by atoms with van der Waals surface area (Å²) in [6.07, 6.45) is 9.53. The minimum absolute atomic E-state index is 0.326. The zero-order valence-electron chi connectivity index (χ0n) is 13.7. The van der Waals surface area contributed by atoms with Gasteiger partial charge in [0, 0.05) is 12.6 Å². The molecule has 2 heterocycles. The molecule has 2 saturated heterocycles. The van der Waals surface area contributed by atoms with Gasteiger partial charge < -0.3 is 15.5 Å². The van der Waals surface area contributed by atoms with Crippen LogP contribution in [0.3, 0.4) is 0 Å². The number of rotatable bonds is 6. The molecule has 2 aliphatic rings. The van der Waals surface area contributed by atoms with Gasteiger partial charge in [-0.25, -0.2) is 0 Å². The maximum absolute atomic E-state index is 6.02. The largest absolute Gasteiger partial charge is 0.330 e. The molecular weight excluding hydrogens is 246 g/mol. The van der Waals surface area contributed by atoms with Gasteiger partial charge in [0.1, 0.15) is 0 Å². The summed E-state index contributed by atoms with van der Waals surface area (Å²) in [4.78, 5) is 5.43. The molecule has 20 heavy (non-hydrogen) atoms. The van der Waals surface area contributed by atoms with E-state index in [0.29, 0.717) is 5.41 Å². The van der Waals surface area contributed by atoms with Crippen molar-refractivity contribution in [2.75, 3.05) is 39.3 Å². The molecule has 0 aromatic carbocycles. The molecule has 1 atom stereocenters. The Bertz CT molecular complexity index is 267. The third-order valence-electron chi connectivity index (χ3n) is 5.42. The van der Waals surface area contributed by atoms with E-state index < -0.39 is 0 Å². The predicted molar refractivity (Wildman–Crippen MR) is 87.0 cm³/mol. The van der Waals surface area contributed by atoms with Crippen molar-refractivity contribution in [3.8, 4) is 0 Å². The summed E-state index contributed by atoms with van der Waals surface area (Å²) in [6.45, 7) is 11.9. The van der Waals surface area contributed by atoms with Crippen LogP contribution in [0.1, 0.15) is 58.8 Å². The second kappa shape index (κ2) is 7.77. The van der Waals surface area contributed by atoms with Gasteiger partial charge in [0.2, 0.25) is 0 Å². The van der Waals surface area contributed by atoms with Crippen LogP contribution < -0.4 is 5.73 Å². The molecule has 3 heteroatoms. The summed E-state index contributed by atoms with van der Waals surface area (Å²) < 4.78 is 0. The van der Waals surface area contributed by atoms with Gasteiger partial charge in [-0.3, -0.25) is 0 Å². The van der Waals surface area contributed by atoms with Crippen LogP contribution in [0.5, 0.6) is 0 Å². The van der Waals surface area contributed by atoms with Crippen LogP contribution in [-0.4, -0.2) is 55.1 Å². The number of hydrogen-bond acceptors (Lipinski definition) is 3. The lowest BCUT2D eigenvalue weighted by molar-refractivity contribution is 0.0699. The number of nitrogens with zero attached hydrogens (tertiary/aromatic N) is 2. The normalized spacial score (nSPS) is 26.6. The first-order valence-corrected chi connectivity index (χ1v) is 8.83. The Balaban J connectivity index is 1.75. The molecule has 0 bridgehead atoms. The zero-order chi connectivity index (χ0) is 14.4. The van der Waals surface area contributed by atoms with E-state index in [-0.39, 0.29) is 0 Å². The molecule has 118 valence electrons. The van der Waals surface area contributed by atoms with Crippen LogP contribution in [0.25, 0.3) is 0 Å². The van der Waals surface area contributed by atoms with Gasteiger partial charge in [0.25, 0.3) is 0 Å². The smallest absolute Gasteiger partial charge is 0.0120 e. The average molecular weight is 281 g/mol. The van der Waals surface area contributed by atoms with E-state index in [4.69, 9.17) is 5.73 Å². The third kappa shape index (κ3) is 4.44. The Morgan fingerprint density at radius 3 is 2.25 bits per heavy atom. The highest BCUT2D eigenvalue weighted by Gasteiger charge is 2.29. The minimum Gasteiger partial charge on any atom is -0.330 e. The summed E-state index contributed by atoms with van der Waals surface area (Å²) in [7, 11) is 0. The van der Waals surface area contributed by atoms with Crippen molar-refractivity contribution in [1.82, 2.24) is 9.80 Å². The van der Waals surface area contributed by atoms with E-state index in [1.807, 2.05) is 0 Å². The van der Waals surface area contributed by atoms with E-state index in [2.05, 4.69) is 23.6 Å². The van der Waals surface area contributed by atoms with Crippen LogP contribution >= 0.6 is 0 Å². The molecule has 2 N–H and O–H groups in total. The van der Waals surface area contributed by atoms with Crippen molar-refractivity contribution in [2.24, 2.45) is 11.1 Å². The summed E-state index contributed by atoms with van der Waals surface area (Å²) in [6, 6.07) is 0.863. The van der Waals surface area contributed by atoms with Crippen molar-refractivity contribution in [1.29, 1.82) is 0 Å². The Morgan fingerprint density at radius 1 is 1.05 bits per heavy atom. The van der Waals surface area contributed by atoms with Crippen molar-refractivity contribution in [2.45, 2.75) is 64.8 Å². The molecule has 0 spiro atoms. The average Bonchev–Trinajstić information content (AvgIpc) is 2.49. The number of nitrogens with two attached hydrogens (primary N) is 1. The maximum atomic E-state index is 6.02. The number of likely N-dealkylation sites (tertiary alicyclic amines) is 2. The Kier molecular flexibility index (Phi) is 6.31. The fourth-order valence-electron chi connectivity index (χ4n) is 4.12. The lowest BCUT2D eigenvalue weighted by Gasteiger charge is -2.42. The van der Waals surface area contributed by atoms with Gasteiger partial charge in [0.05, 0.1) is 0 Å². The molecule has 1 unspecified atom stereocenters. The molecule has 0 amide bonds. The predicted octanol–water partition coefficient (Wildman–Crippen LogP) is 2.70. The summed E-state index contributed by atoms with van der Waals surface area (Å²) >= 11 is 0. The molecule has 2 fully saturated rings. The molecule has 2 aliphatic heterocycles. The van der Waals surface area contributed by atoms with Crippen LogP contribution in [-0.2, 0) is 0 Å². The second-order valence-corrected chi connectivity index (χ2v) is 7.37. The molecule has 2 rings (SSSR count). The lowest BCUT2D eigenvalue weighted by atomic mass is 9.84. The zero-order valence-corrected chi connectivity index (χ0v) is 13.7. The summed E-state index contributed by atoms with van der Waals surface area (Å²) in [5, 5.41) is 0. The van der Waals surface area contributed by atoms with Crippen LogP contribution in [0.15, 0.2) is 0 Å². The van der Waals surface area contributed by atoms with Crippen molar-refractivity contribution >= 4 is 0 Å². The fraction of sp³-hybridized carbons (Fsp3) is 1.00. The van der Waals surface area contributed by atoms with E-state index in [9.17, 15) is 0 Å². The molecule has 0 aromatic heterocycles. The molecule has 0 radical (unpaired) electrons. The minimum atomic E-state index is 0.326. The monoisotopic (exact) mass is 281 g/mol. The Morgan fingerprint density at radius 2 is 1.70 bits per heavy atom. The van der Waals surface area contributed by atoms with Crippen LogP contribution in [0, 0.1) is 5.41 Å². The molecule has 0 saturated carbocycles. The quantitative estimate of drug-likeness (QED) is 0.812. The van der Waals surface area contributed by atoms with Gasteiger partial charge in [-0.1, -0.05) is 26.7 Å².